The molecule has 0 aliphatic heterocycles. The van der Waals surface area contributed by atoms with Gasteiger partial charge >= 0.3 is 0 Å². The van der Waals surface area contributed by atoms with E-state index >= 15 is 0 Å². The van der Waals surface area contributed by atoms with Gasteiger partial charge < -0.3 is 16.0 Å². The predicted molar refractivity (Wildman–Crippen MR) is 81.3 cm³/mol. The molecule has 0 radical (unpaired) electrons. The summed E-state index contributed by atoms with van der Waals surface area (Å²) in [6.45, 7) is 10.4. The van der Waals surface area contributed by atoms with Gasteiger partial charge in [-0.05, 0) is 5.92 Å². The first kappa shape index (κ1) is 17.7. The Hall–Kier alpha value is -1.26. The van der Waals surface area contributed by atoms with Crippen LogP contribution in [0, 0.1) is 11.8 Å². The Morgan fingerprint density at radius 2 is 1.63 bits per heavy atom. The number of amides is 1. The molecular formula is C14H30N4O. The fraction of sp³-hybridized carbons (Fsp3) is 0.857. The zero-order valence-corrected chi connectivity index (χ0v) is 13.0. The van der Waals surface area contributed by atoms with Crippen LogP contribution in [0.3, 0.4) is 0 Å². The molecule has 0 atom stereocenters. The van der Waals surface area contributed by atoms with Crippen LogP contribution in [-0.4, -0.2) is 38.5 Å². The van der Waals surface area contributed by atoms with Crippen LogP contribution in [0.25, 0.3) is 0 Å². The molecule has 112 valence electrons. The maximum absolute atomic E-state index is 11.4. The van der Waals surface area contributed by atoms with Crippen molar-refractivity contribution < 1.29 is 4.79 Å². The maximum atomic E-state index is 11.4. The van der Waals surface area contributed by atoms with Crippen molar-refractivity contribution in [2.24, 2.45) is 16.8 Å². The molecule has 0 aliphatic carbocycles. The van der Waals surface area contributed by atoms with Crippen LogP contribution in [0.5, 0.6) is 0 Å². The molecule has 0 bridgehead atoms. The van der Waals surface area contributed by atoms with E-state index in [2.05, 4.69) is 34.8 Å². The van der Waals surface area contributed by atoms with Gasteiger partial charge in [0.05, 0.1) is 0 Å². The molecule has 3 N–H and O–H groups in total. The van der Waals surface area contributed by atoms with Crippen molar-refractivity contribution in [2.75, 3.05) is 26.7 Å². The number of nitrogens with one attached hydrogen (secondary N) is 3. The summed E-state index contributed by atoms with van der Waals surface area (Å²) in [6.07, 6.45) is 2.34. The molecule has 0 aromatic rings. The highest BCUT2D eigenvalue weighted by Gasteiger charge is 2.06. The number of carbonyl (C=O) groups excluding carboxylic acids is 1. The molecule has 0 fully saturated rings. The van der Waals surface area contributed by atoms with Crippen molar-refractivity contribution in [3.05, 3.63) is 0 Å². The molecule has 0 aromatic carbocycles. The third-order valence-electron chi connectivity index (χ3n) is 3.18. The lowest BCUT2D eigenvalue weighted by Gasteiger charge is -2.17. The van der Waals surface area contributed by atoms with E-state index in [1.54, 1.807) is 7.05 Å². The fourth-order valence-corrected chi connectivity index (χ4v) is 1.61. The van der Waals surface area contributed by atoms with Gasteiger partial charge in [-0.25, -0.2) is 0 Å². The van der Waals surface area contributed by atoms with Crippen molar-refractivity contribution in [3.8, 4) is 0 Å². The van der Waals surface area contributed by atoms with Crippen LogP contribution in [0.1, 0.15) is 40.5 Å². The van der Waals surface area contributed by atoms with Crippen LogP contribution in [0.4, 0.5) is 0 Å². The molecule has 0 saturated heterocycles. The average Bonchev–Trinajstić information content (AvgIpc) is 2.41. The quantitative estimate of drug-likeness (QED) is 0.354. The standard InChI is InChI=1S/C14H30N4O/c1-6-12(7-2)10-18-14(15-5)17-9-8-16-13(19)11(3)4/h11-12H,6-10H2,1-5H3,(H,16,19)(H2,15,17,18). The predicted octanol–water partition coefficient (Wildman–Crippen LogP) is 1.36. The zero-order chi connectivity index (χ0) is 14.7. The molecule has 5 nitrogen and oxygen atoms in total. The molecule has 1 amide bonds. The van der Waals surface area contributed by atoms with Crippen LogP contribution >= 0.6 is 0 Å². The number of carbonyl (C=O) groups is 1. The van der Waals surface area contributed by atoms with Crippen molar-refractivity contribution in [1.82, 2.24) is 16.0 Å². The van der Waals surface area contributed by atoms with Gasteiger partial charge in [0.2, 0.25) is 5.91 Å². The van der Waals surface area contributed by atoms with E-state index in [0.717, 1.165) is 12.5 Å². The Morgan fingerprint density at radius 3 is 2.11 bits per heavy atom. The Morgan fingerprint density at radius 1 is 1.05 bits per heavy atom. The van der Waals surface area contributed by atoms with Gasteiger partial charge in [0, 0.05) is 32.6 Å². The lowest BCUT2D eigenvalue weighted by atomic mass is 10.0. The molecule has 0 aromatic heterocycles. The summed E-state index contributed by atoms with van der Waals surface area (Å²) >= 11 is 0. The number of hydrogen-bond donors (Lipinski definition) is 3. The molecule has 0 aliphatic rings. The lowest BCUT2D eigenvalue weighted by molar-refractivity contribution is -0.123. The van der Waals surface area contributed by atoms with E-state index in [0.29, 0.717) is 19.0 Å². The minimum absolute atomic E-state index is 0.0345. The molecular weight excluding hydrogens is 240 g/mol. The van der Waals surface area contributed by atoms with Crippen molar-refractivity contribution in [3.63, 3.8) is 0 Å². The van der Waals surface area contributed by atoms with Gasteiger partial charge in [-0.2, -0.15) is 0 Å². The first-order valence-corrected chi connectivity index (χ1v) is 7.27. The third kappa shape index (κ3) is 8.46. The van der Waals surface area contributed by atoms with E-state index in [9.17, 15) is 4.79 Å². The largest absolute Gasteiger partial charge is 0.356 e. The van der Waals surface area contributed by atoms with Gasteiger partial charge in [0.15, 0.2) is 5.96 Å². The Balaban J connectivity index is 3.80. The molecule has 19 heavy (non-hydrogen) atoms. The third-order valence-corrected chi connectivity index (χ3v) is 3.18. The van der Waals surface area contributed by atoms with Gasteiger partial charge in [0.25, 0.3) is 0 Å². The summed E-state index contributed by atoms with van der Waals surface area (Å²) < 4.78 is 0. The fourth-order valence-electron chi connectivity index (χ4n) is 1.61. The van der Waals surface area contributed by atoms with Gasteiger partial charge in [-0.3, -0.25) is 9.79 Å². The topological polar surface area (TPSA) is 65.5 Å². The normalized spacial score (nSPS) is 11.8. The number of aliphatic imine (C=N–C) groups is 1. The minimum Gasteiger partial charge on any atom is -0.356 e. The number of nitrogens with zero attached hydrogens (tertiary/aromatic N) is 1. The van der Waals surface area contributed by atoms with Crippen LogP contribution in [-0.2, 0) is 4.79 Å². The molecule has 0 unspecified atom stereocenters. The average molecular weight is 270 g/mol. The van der Waals surface area contributed by atoms with Crippen molar-refractivity contribution in [1.29, 1.82) is 0 Å². The van der Waals surface area contributed by atoms with Crippen molar-refractivity contribution in [2.45, 2.75) is 40.5 Å². The van der Waals surface area contributed by atoms with Crippen LogP contribution in [0.2, 0.25) is 0 Å². The van der Waals surface area contributed by atoms with E-state index in [-0.39, 0.29) is 11.8 Å². The van der Waals surface area contributed by atoms with E-state index < -0.39 is 0 Å². The number of guanidine groups is 1. The Kier molecular flexibility index (Phi) is 9.94. The highest BCUT2D eigenvalue weighted by atomic mass is 16.1. The van der Waals surface area contributed by atoms with Gasteiger partial charge in [-0.1, -0.05) is 40.5 Å². The summed E-state index contributed by atoms with van der Waals surface area (Å²) in [5, 5.41) is 9.36. The molecule has 0 spiro atoms. The molecule has 0 heterocycles. The highest BCUT2D eigenvalue weighted by Crippen LogP contribution is 2.04. The monoisotopic (exact) mass is 270 g/mol. The van der Waals surface area contributed by atoms with Gasteiger partial charge in [-0.15, -0.1) is 0 Å². The summed E-state index contributed by atoms with van der Waals surface area (Å²) in [5.74, 6) is 1.60. The highest BCUT2D eigenvalue weighted by molar-refractivity contribution is 5.80. The van der Waals surface area contributed by atoms with Crippen LogP contribution < -0.4 is 16.0 Å². The van der Waals surface area contributed by atoms with E-state index in [1.807, 2.05) is 13.8 Å². The second kappa shape index (κ2) is 10.6. The van der Waals surface area contributed by atoms with E-state index in [1.165, 1.54) is 12.8 Å². The summed E-state index contributed by atoms with van der Waals surface area (Å²) in [7, 11) is 1.76. The van der Waals surface area contributed by atoms with Gasteiger partial charge in [0.1, 0.15) is 0 Å². The Bertz CT molecular complexity index is 273. The van der Waals surface area contributed by atoms with E-state index in [4.69, 9.17) is 0 Å². The van der Waals surface area contributed by atoms with Crippen molar-refractivity contribution >= 4 is 11.9 Å². The smallest absolute Gasteiger partial charge is 0.222 e. The first-order valence-electron chi connectivity index (χ1n) is 7.27. The lowest BCUT2D eigenvalue weighted by Crippen LogP contribution is -2.43. The Labute approximate surface area is 117 Å². The maximum Gasteiger partial charge on any atom is 0.222 e. The minimum atomic E-state index is 0.0345. The summed E-state index contributed by atoms with van der Waals surface area (Å²) in [6, 6.07) is 0. The number of hydrogen-bond acceptors (Lipinski definition) is 2. The second-order valence-corrected chi connectivity index (χ2v) is 5.01. The molecule has 0 rings (SSSR count). The summed E-state index contributed by atoms with van der Waals surface area (Å²) in [5.41, 5.74) is 0. The number of rotatable bonds is 8. The molecule has 5 heteroatoms. The summed E-state index contributed by atoms with van der Waals surface area (Å²) in [4.78, 5) is 15.5. The molecule has 0 saturated carbocycles. The zero-order valence-electron chi connectivity index (χ0n) is 13.0. The first-order chi connectivity index (χ1) is 9.04. The SMILES string of the molecule is CCC(CC)CNC(=NC)NCCNC(=O)C(C)C. The van der Waals surface area contributed by atoms with Crippen LogP contribution in [0.15, 0.2) is 4.99 Å². The second-order valence-electron chi connectivity index (χ2n) is 5.01.